The van der Waals surface area contributed by atoms with Gasteiger partial charge in [-0.15, -0.1) is 0 Å². The highest BCUT2D eigenvalue weighted by Gasteiger charge is 2.20. The fourth-order valence-electron chi connectivity index (χ4n) is 2.10. The van der Waals surface area contributed by atoms with Crippen molar-refractivity contribution < 1.29 is 9.90 Å². The SMILES string of the molecule is CC(N)CCCC(=O)N1CCN(CCO)CC1. The Hall–Kier alpha value is -0.650. The first-order valence-corrected chi connectivity index (χ1v) is 6.50. The second-order valence-electron chi connectivity index (χ2n) is 4.82. The van der Waals surface area contributed by atoms with Gasteiger partial charge in [-0.05, 0) is 19.8 Å². The largest absolute Gasteiger partial charge is 0.395 e. The summed E-state index contributed by atoms with van der Waals surface area (Å²) in [6, 6.07) is 0.184. The van der Waals surface area contributed by atoms with Gasteiger partial charge in [0.1, 0.15) is 0 Å². The van der Waals surface area contributed by atoms with Gasteiger partial charge >= 0.3 is 0 Å². The summed E-state index contributed by atoms with van der Waals surface area (Å²) in [6.07, 6.45) is 2.41. The first-order chi connectivity index (χ1) is 8.13. The number of piperazine rings is 1. The Labute approximate surface area is 104 Å². The zero-order valence-corrected chi connectivity index (χ0v) is 10.8. The van der Waals surface area contributed by atoms with E-state index in [0.29, 0.717) is 13.0 Å². The van der Waals surface area contributed by atoms with Crippen molar-refractivity contribution in [3.63, 3.8) is 0 Å². The maximum Gasteiger partial charge on any atom is 0.222 e. The number of hydrogen-bond donors (Lipinski definition) is 2. The highest BCUT2D eigenvalue weighted by molar-refractivity contribution is 5.76. The average molecular weight is 243 g/mol. The lowest BCUT2D eigenvalue weighted by atomic mass is 10.1. The molecule has 17 heavy (non-hydrogen) atoms. The Balaban J connectivity index is 2.17. The Morgan fingerprint density at radius 2 is 2.00 bits per heavy atom. The van der Waals surface area contributed by atoms with Crippen LogP contribution in [0.2, 0.25) is 0 Å². The van der Waals surface area contributed by atoms with Gasteiger partial charge < -0.3 is 15.7 Å². The predicted molar refractivity (Wildman–Crippen MR) is 67.6 cm³/mol. The van der Waals surface area contributed by atoms with Crippen LogP contribution >= 0.6 is 0 Å². The number of nitrogens with zero attached hydrogens (tertiary/aromatic N) is 2. The minimum atomic E-state index is 0.184. The first-order valence-electron chi connectivity index (χ1n) is 6.50. The van der Waals surface area contributed by atoms with Crippen molar-refractivity contribution in [2.24, 2.45) is 5.73 Å². The minimum absolute atomic E-state index is 0.184. The number of β-amino-alcohol motifs (C(OH)–C–C–N with tert-alkyl or cyclic N) is 1. The van der Waals surface area contributed by atoms with Crippen LogP contribution in [-0.2, 0) is 4.79 Å². The molecule has 1 aliphatic rings. The van der Waals surface area contributed by atoms with E-state index in [2.05, 4.69) is 4.90 Å². The van der Waals surface area contributed by atoms with Crippen LogP contribution in [0.5, 0.6) is 0 Å². The molecule has 100 valence electrons. The van der Waals surface area contributed by atoms with Crippen molar-refractivity contribution in [3.05, 3.63) is 0 Å². The van der Waals surface area contributed by atoms with Gasteiger partial charge in [0.05, 0.1) is 6.61 Å². The van der Waals surface area contributed by atoms with E-state index in [0.717, 1.165) is 39.0 Å². The first kappa shape index (κ1) is 14.4. The second kappa shape index (κ2) is 7.63. The summed E-state index contributed by atoms with van der Waals surface area (Å²) in [5.41, 5.74) is 5.65. The molecule has 1 fully saturated rings. The van der Waals surface area contributed by atoms with Gasteiger partial charge in [0, 0.05) is 45.2 Å². The average Bonchev–Trinajstić information content (AvgIpc) is 2.30. The normalized spacial score (nSPS) is 19.4. The molecule has 0 spiro atoms. The molecule has 1 aliphatic heterocycles. The molecule has 5 heteroatoms. The lowest BCUT2D eigenvalue weighted by molar-refractivity contribution is -0.133. The van der Waals surface area contributed by atoms with Crippen molar-refractivity contribution in [3.8, 4) is 0 Å². The number of nitrogens with two attached hydrogens (primary N) is 1. The van der Waals surface area contributed by atoms with Crippen molar-refractivity contribution in [2.75, 3.05) is 39.3 Å². The van der Waals surface area contributed by atoms with Crippen molar-refractivity contribution >= 4 is 5.91 Å². The van der Waals surface area contributed by atoms with E-state index in [1.54, 1.807) is 0 Å². The van der Waals surface area contributed by atoms with E-state index in [1.165, 1.54) is 0 Å². The zero-order chi connectivity index (χ0) is 12.7. The fourth-order valence-corrected chi connectivity index (χ4v) is 2.10. The fraction of sp³-hybridized carbons (Fsp3) is 0.917. The smallest absolute Gasteiger partial charge is 0.222 e. The number of hydrogen-bond acceptors (Lipinski definition) is 4. The van der Waals surface area contributed by atoms with Crippen LogP contribution in [0.4, 0.5) is 0 Å². The third-order valence-corrected chi connectivity index (χ3v) is 3.19. The molecule has 0 saturated carbocycles. The third kappa shape index (κ3) is 5.48. The topological polar surface area (TPSA) is 69.8 Å². The minimum Gasteiger partial charge on any atom is -0.395 e. The maximum absolute atomic E-state index is 11.9. The molecular formula is C12H25N3O2. The standard InChI is InChI=1S/C12H25N3O2/c1-11(13)3-2-4-12(17)15-7-5-14(6-8-15)9-10-16/h11,16H,2-10,13H2,1H3. The molecule has 1 atom stereocenters. The van der Waals surface area contributed by atoms with E-state index >= 15 is 0 Å². The summed E-state index contributed by atoms with van der Waals surface area (Å²) in [4.78, 5) is 16.0. The molecule has 0 aliphatic carbocycles. The molecule has 0 bridgehead atoms. The van der Waals surface area contributed by atoms with Crippen LogP contribution in [0, 0.1) is 0 Å². The second-order valence-corrected chi connectivity index (χ2v) is 4.82. The van der Waals surface area contributed by atoms with Gasteiger partial charge in [0.25, 0.3) is 0 Å². The van der Waals surface area contributed by atoms with Gasteiger partial charge in [-0.2, -0.15) is 0 Å². The monoisotopic (exact) mass is 243 g/mol. The highest BCUT2D eigenvalue weighted by atomic mass is 16.3. The molecule has 3 N–H and O–H groups in total. The number of aliphatic hydroxyl groups excluding tert-OH is 1. The Morgan fingerprint density at radius 3 is 2.53 bits per heavy atom. The molecule has 0 aromatic carbocycles. The summed E-state index contributed by atoms with van der Waals surface area (Å²) in [5.74, 6) is 0.245. The number of carbonyl (C=O) groups excluding carboxylic acids is 1. The summed E-state index contributed by atoms with van der Waals surface area (Å²) < 4.78 is 0. The van der Waals surface area contributed by atoms with E-state index < -0.39 is 0 Å². The molecule has 0 aromatic heterocycles. The van der Waals surface area contributed by atoms with Crippen molar-refractivity contribution in [1.82, 2.24) is 9.80 Å². The van der Waals surface area contributed by atoms with E-state index in [4.69, 9.17) is 10.8 Å². The van der Waals surface area contributed by atoms with Crippen molar-refractivity contribution in [1.29, 1.82) is 0 Å². The number of rotatable bonds is 6. The molecule has 1 unspecified atom stereocenters. The molecule has 1 heterocycles. The Bertz CT molecular complexity index is 226. The van der Waals surface area contributed by atoms with E-state index in [-0.39, 0.29) is 18.6 Å². The summed E-state index contributed by atoms with van der Waals surface area (Å²) in [5, 5.41) is 8.83. The van der Waals surface area contributed by atoms with Crippen LogP contribution in [0.25, 0.3) is 0 Å². The molecule has 5 nitrogen and oxygen atoms in total. The summed E-state index contributed by atoms with van der Waals surface area (Å²) >= 11 is 0. The van der Waals surface area contributed by atoms with Gasteiger partial charge in [-0.1, -0.05) is 0 Å². The third-order valence-electron chi connectivity index (χ3n) is 3.19. The number of carbonyl (C=O) groups is 1. The molecule has 0 radical (unpaired) electrons. The summed E-state index contributed by atoms with van der Waals surface area (Å²) in [7, 11) is 0. The zero-order valence-electron chi connectivity index (χ0n) is 10.8. The lowest BCUT2D eigenvalue weighted by Crippen LogP contribution is -2.49. The lowest BCUT2D eigenvalue weighted by Gasteiger charge is -2.34. The van der Waals surface area contributed by atoms with E-state index in [9.17, 15) is 4.79 Å². The van der Waals surface area contributed by atoms with Crippen LogP contribution in [-0.4, -0.2) is 66.2 Å². The Morgan fingerprint density at radius 1 is 1.35 bits per heavy atom. The van der Waals surface area contributed by atoms with Gasteiger partial charge in [-0.25, -0.2) is 0 Å². The molecular weight excluding hydrogens is 218 g/mol. The predicted octanol–water partition coefficient (Wildman–Crippen LogP) is -0.360. The van der Waals surface area contributed by atoms with Crippen molar-refractivity contribution in [2.45, 2.75) is 32.2 Å². The van der Waals surface area contributed by atoms with Gasteiger partial charge in [0.2, 0.25) is 5.91 Å². The molecule has 1 rings (SSSR count). The molecule has 1 amide bonds. The summed E-state index contributed by atoms with van der Waals surface area (Å²) in [6.45, 7) is 6.21. The quantitative estimate of drug-likeness (QED) is 0.668. The maximum atomic E-state index is 11.9. The molecule has 1 saturated heterocycles. The molecule has 0 aromatic rings. The number of aliphatic hydroxyl groups is 1. The van der Waals surface area contributed by atoms with Crippen LogP contribution in [0.3, 0.4) is 0 Å². The number of amides is 1. The van der Waals surface area contributed by atoms with E-state index in [1.807, 2.05) is 11.8 Å². The Kier molecular flexibility index (Phi) is 6.47. The van der Waals surface area contributed by atoms with Crippen LogP contribution < -0.4 is 5.73 Å². The van der Waals surface area contributed by atoms with Crippen LogP contribution in [0.15, 0.2) is 0 Å². The van der Waals surface area contributed by atoms with Gasteiger partial charge in [-0.3, -0.25) is 9.69 Å². The van der Waals surface area contributed by atoms with Gasteiger partial charge in [0.15, 0.2) is 0 Å². The van der Waals surface area contributed by atoms with Crippen LogP contribution in [0.1, 0.15) is 26.2 Å². The highest BCUT2D eigenvalue weighted by Crippen LogP contribution is 2.06.